The molecule has 1 heterocycles. The molecule has 0 saturated carbocycles. The van der Waals surface area contributed by atoms with Crippen LogP contribution in [0.4, 0.5) is 4.79 Å². The number of carboxylic acid groups (broad SMARTS) is 1. The van der Waals surface area contributed by atoms with E-state index in [1.165, 1.54) is 0 Å². The average Bonchev–Trinajstić information content (AvgIpc) is 2.36. The second kappa shape index (κ2) is 7.28. The van der Waals surface area contributed by atoms with Crippen LogP contribution in [0, 0.1) is 0 Å². The van der Waals surface area contributed by atoms with Gasteiger partial charge in [0.1, 0.15) is 6.04 Å². The average molecular weight is 299 g/mol. The Morgan fingerprint density at radius 1 is 1.19 bits per heavy atom. The van der Waals surface area contributed by atoms with Gasteiger partial charge in [-0.1, -0.05) is 0 Å². The molecule has 1 aliphatic heterocycles. The van der Waals surface area contributed by atoms with Crippen LogP contribution in [0.1, 0.15) is 46.5 Å². The van der Waals surface area contributed by atoms with Crippen molar-refractivity contribution in [1.29, 1.82) is 0 Å². The Labute approximate surface area is 125 Å². The fourth-order valence-corrected chi connectivity index (χ4v) is 2.41. The zero-order valence-electron chi connectivity index (χ0n) is 12.9. The monoisotopic (exact) mass is 299 g/mol. The molecular formula is C14H25N3O4. The van der Waals surface area contributed by atoms with Crippen LogP contribution in [-0.2, 0) is 9.59 Å². The van der Waals surface area contributed by atoms with E-state index in [-0.39, 0.29) is 12.3 Å². The number of hydrogen-bond acceptors (Lipinski definition) is 3. The first-order valence-corrected chi connectivity index (χ1v) is 7.30. The Kier molecular flexibility index (Phi) is 5.99. The molecule has 120 valence electrons. The van der Waals surface area contributed by atoms with Gasteiger partial charge in [0.25, 0.3) is 0 Å². The number of nitrogens with zero attached hydrogens (tertiary/aromatic N) is 1. The van der Waals surface area contributed by atoms with Crippen LogP contribution < -0.4 is 10.6 Å². The van der Waals surface area contributed by atoms with Gasteiger partial charge in [0, 0.05) is 18.6 Å². The first kappa shape index (κ1) is 17.3. The standard InChI is InChI=1S/C14H25N3O4/c1-10(12(20)17-7-5-4-6-8-17)15-13(21)16-14(2,3)9-11(18)19/h10H,4-9H2,1-3H3,(H,18,19)(H2,15,16,21). The van der Waals surface area contributed by atoms with E-state index in [0.717, 1.165) is 32.4 Å². The largest absolute Gasteiger partial charge is 0.481 e. The van der Waals surface area contributed by atoms with Gasteiger partial charge in [-0.3, -0.25) is 9.59 Å². The van der Waals surface area contributed by atoms with Crippen molar-refractivity contribution in [3.05, 3.63) is 0 Å². The first-order chi connectivity index (χ1) is 9.71. The third-order valence-electron chi connectivity index (χ3n) is 3.43. The number of carbonyl (C=O) groups excluding carboxylic acids is 2. The molecule has 0 aromatic rings. The molecule has 1 aliphatic rings. The topological polar surface area (TPSA) is 98.7 Å². The molecule has 3 N–H and O–H groups in total. The first-order valence-electron chi connectivity index (χ1n) is 7.30. The van der Waals surface area contributed by atoms with Crippen molar-refractivity contribution < 1.29 is 19.5 Å². The van der Waals surface area contributed by atoms with E-state index in [4.69, 9.17) is 5.11 Å². The van der Waals surface area contributed by atoms with Crippen LogP contribution in [-0.4, -0.2) is 52.6 Å². The Morgan fingerprint density at radius 2 is 1.76 bits per heavy atom. The zero-order chi connectivity index (χ0) is 16.0. The van der Waals surface area contributed by atoms with Crippen molar-refractivity contribution in [2.45, 2.75) is 58.0 Å². The summed E-state index contributed by atoms with van der Waals surface area (Å²) >= 11 is 0. The number of carbonyl (C=O) groups is 3. The molecule has 1 saturated heterocycles. The highest BCUT2D eigenvalue weighted by atomic mass is 16.4. The van der Waals surface area contributed by atoms with Gasteiger partial charge >= 0.3 is 12.0 Å². The molecule has 0 spiro atoms. The van der Waals surface area contributed by atoms with E-state index in [1.54, 1.807) is 25.7 Å². The molecule has 21 heavy (non-hydrogen) atoms. The van der Waals surface area contributed by atoms with E-state index >= 15 is 0 Å². The summed E-state index contributed by atoms with van der Waals surface area (Å²) in [4.78, 5) is 36.5. The quantitative estimate of drug-likeness (QED) is 0.703. The van der Waals surface area contributed by atoms with Gasteiger partial charge in [-0.2, -0.15) is 0 Å². The van der Waals surface area contributed by atoms with E-state index in [2.05, 4.69) is 10.6 Å². The summed E-state index contributed by atoms with van der Waals surface area (Å²) in [5.41, 5.74) is -0.871. The van der Waals surface area contributed by atoms with Crippen LogP contribution in [0.3, 0.4) is 0 Å². The fourth-order valence-electron chi connectivity index (χ4n) is 2.41. The van der Waals surface area contributed by atoms with Gasteiger partial charge in [0.2, 0.25) is 5.91 Å². The number of nitrogens with one attached hydrogen (secondary N) is 2. The van der Waals surface area contributed by atoms with Crippen molar-refractivity contribution in [3.63, 3.8) is 0 Å². The van der Waals surface area contributed by atoms with Crippen molar-refractivity contribution in [3.8, 4) is 0 Å². The number of urea groups is 1. The van der Waals surface area contributed by atoms with Crippen LogP contribution in [0.5, 0.6) is 0 Å². The number of aliphatic carboxylic acids is 1. The number of rotatable bonds is 5. The minimum Gasteiger partial charge on any atom is -0.481 e. The normalized spacial score (nSPS) is 17.0. The highest BCUT2D eigenvalue weighted by molar-refractivity contribution is 5.87. The summed E-state index contributed by atoms with van der Waals surface area (Å²) in [5.74, 6) is -1.08. The number of carboxylic acids is 1. The second-order valence-electron chi connectivity index (χ2n) is 6.16. The van der Waals surface area contributed by atoms with Crippen LogP contribution in [0.2, 0.25) is 0 Å². The molecule has 3 amide bonds. The second-order valence-corrected chi connectivity index (χ2v) is 6.16. The SMILES string of the molecule is CC(NC(=O)NC(C)(C)CC(=O)O)C(=O)N1CCCCC1. The highest BCUT2D eigenvalue weighted by Crippen LogP contribution is 2.10. The molecule has 1 unspecified atom stereocenters. The summed E-state index contributed by atoms with van der Waals surface area (Å²) in [7, 11) is 0. The molecule has 1 rings (SSSR count). The van der Waals surface area contributed by atoms with E-state index in [0.29, 0.717) is 0 Å². The van der Waals surface area contributed by atoms with Crippen molar-refractivity contribution >= 4 is 17.9 Å². The van der Waals surface area contributed by atoms with Crippen LogP contribution in [0.25, 0.3) is 0 Å². The third kappa shape index (κ3) is 6.01. The van der Waals surface area contributed by atoms with Gasteiger partial charge in [0.15, 0.2) is 0 Å². The van der Waals surface area contributed by atoms with Gasteiger partial charge in [-0.15, -0.1) is 0 Å². The lowest BCUT2D eigenvalue weighted by atomic mass is 10.0. The predicted octanol–water partition coefficient (Wildman–Crippen LogP) is 0.940. The molecule has 7 nitrogen and oxygen atoms in total. The lowest BCUT2D eigenvalue weighted by Gasteiger charge is -2.30. The predicted molar refractivity (Wildman–Crippen MR) is 77.9 cm³/mol. The van der Waals surface area contributed by atoms with Crippen LogP contribution in [0.15, 0.2) is 0 Å². The van der Waals surface area contributed by atoms with Crippen LogP contribution >= 0.6 is 0 Å². The lowest BCUT2D eigenvalue weighted by Crippen LogP contribution is -2.55. The Morgan fingerprint density at radius 3 is 2.29 bits per heavy atom. The minimum atomic E-state index is -0.988. The summed E-state index contributed by atoms with van der Waals surface area (Å²) < 4.78 is 0. The molecule has 7 heteroatoms. The van der Waals surface area contributed by atoms with E-state index in [1.807, 2.05) is 0 Å². The molecule has 0 radical (unpaired) electrons. The molecule has 1 fully saturated rings. The number of likely N-dealkylation sites (tertiary alicyclic amines) is 1. The summed E-state index contributed by atoms with van der Waals surface area (Å²) in [6.07, 6.45) is 2.94. The summed E-state index contributed by atoms with van der Waals surface area (Å²) in [6.45, 7) is 6.35. The van der Waals surface area contributed by atoms with Crippen molar-refractivity contribution in [1.82, 2.24) is 15.5 Å². The smallest absolute Gasteiger partial charge is 0.315 e. The molecule has 0 aliphatic carbocycles. The van der Waals surface area contributed by atoms with E-state index < -0.39 is 23.6 Å². The van der Waals surface area contributed by atoms with Crippen molar-refractivity contribution in [2.75, 3.05) is 13.1 Å². The molecular weight excluding hydrogens is 274 g/mol. The highest BCUT2D eigenvalue weighted by Gasteiger charge is 2.27. The number of piperidine rings is 1. The maximum Gasteiger partial charge on any atom is 0.315 e. The minimum absolute atomic E-state index is 0.0964. The van der Waals surface area contributed by atoms with Gasteiger partial charge in [-0.05, 0) is 40.0 Å². The fraction of sp³-hybridized carbons (Fsp3) is 0.786. The third-order valence-corrected chi connectivity index (χ3v) is 3.43. The summed E-state index contributed by atoms with van der Waals surface area (Å²) in [6, 6.07) is -1.15. The Bertz CT molecular complexity index is 403. The Hall–Kier alpha value is -1.79. The van der Waals surface area contributed by atoms with Gasteiger partial charge in [0.05, 0.1) is 6.42 Å². The maximum atomic E-state index is 12.2. The molecule has 0 aromatic carbocycles. The lowest BCUT2D eigenvalue weighted by molar-refractivity contribution is -0.138. The Balaban J connectivity index is 2.45. The molecule has 1 atom stereocenters. The van der Waals surface area contributed by atoms with E-state index in [9.17, 15) is 14.4 Å². The van der Waals surface area contributed by atoms with Crippen molar-refractivity contribution in [2.24, 2.45) is 0 Å². The maximum absolute atomic E-state index is 12.2. The number of amides is 3. The summed E-state index contributed by atoms with van der Waals surface area (Å²) in [5, 5.41) is 13.9. The zero-order valence-corrected chi connectivity index (χ0v) is 12.9. The molecule has 0 aromatic heterocycles. The van der Waals surface area contributed by atoms with Gasteiger partial charge in [-0.25, -0.2) is 4.79 Å². The number of hydrogen-bond donors (Lipinski definition) is 3. The molecule has 0 bridgehead atoms. The van der Waals surface area contributed by atoms with Gasteiger partial charge < -0.3 is 20.6 Å².